The predicted octanol–water partition coefficient (Wildman–Crippen LogP) is 1.47. The maximum atomic E-state index is 5.45. The minimum atomic E-state index is 0.710. The summed E-state index contributed by atoms with van der Waals surface area (Å²) in [6, 6.07) is 4.23. The van der Waals surface area contributed by atoms with Gasteiger partial charge in [-0.25, -0.2) is 0 Å². The highest BCUT2D eigenvalue weighted by Crippen LogP contribution is 2.10. The zero-order valence-corrected chi connectivity index (χ0v) is 9.99. The van der Waals surface area contributed by atoms with E-state index in [0.717, 1.165) is 31.5 Å². The number of thiophene rings is 1. The normalized spacial score (nSPS) is 10.8. The molecule has 0 fully saturated rings. The van der Waals surface area contributed by atoms with Crippen molar-refractivity contribution >= 4 is 11.3 Å². The van der Waals surface area contributed by atoms with Crippen molar-refractivity contribution in [2.24, 2.45) is 5.73 Å². The van der Waals surface area contributed by atoms with Gasteiger partial charge in [0.15, 0.2) is 0 Å². The van der Waals surface area contributed by atoms with Gasteiger partial charge in [0.05, 0.1) is 5.69 Å². The summed E-state index contributed by atoms with van der Waals surface area (Å²) in [5.74, 6) is 0. The summed E-state index contributed by atoms with van der Waals surface area (Å²) in [5.41, 5.74) is 6.49. The topological polar surface area (TPSA) is 56.7 Å². The van der Waals surface area contributed by atoms with Crippen LogP contribution in [0.5, 0.6) is 0 Å². The lowest BCUT2D eigenvalue weighted by molar-refractivity contribution is 0.592. The van der Waals surface area contributed by atoms with Crippen molar-refractivity contribution in [1.29, 1.82) is 0 Å². The molecule has 2 heterocycles. The molecule has 0 saturated heterocycles. The second-order valence-electron chi connectivity index (χ2n) is 3.69. The van der Waals surface area contributed by atoms with Crippen molar-refractivity contribution in [2.75, 3.05) is 6.54 Å². The molecule has 4 nitrogen and oxygen atoms in total. The fourth-order valence-electron chi connectivity index (χ4n) is 1.53. The molecule has 0 radical (unpaired) electrons. The molecule has 0 saturated carbocycles. The van der Waals surface area contributed by atoms with Crippen LogP contribution in [0.15, 0.2) is 23.7 Å². The molecule has 0 amide bonds. The van der Waals surface area contributed by atoms with Gasteiger partial charge in [-0.1, -0.05) is 11.3 Å². The Balaban J connectivity index is 1.83. The van der Waals surface area contributed by atoms with Gasteiger partial charge in [-0.15, -0.1) is 16.4 Å². The van der Waals surface area contributed by atoms with Gasteiger partial charge in [0.25, 0.3) is 0 Å². The largest absolute Gasteiger partial charge is 0.330 e. The standard InChI is InChI=1S/C11H16N4S/c12-6-1-3-10-9-15(14-13-10)7-5-11-4-2-8-16-11/h2,4,8-9H,1,3,5-7,12H2. The zero-order chi connectivity index (χ0) is 11.2. The maximum absolute atomic E-state index is 5.45. The molecule has 2 N–H and O–H groups in total. The van der Waals surface area contributed by atoms with Crippen molar-refractivity contribution in [3.63, 3.8) is 0 Å². The minimum Gasteiger partial charge on any atom is -0.330 e. The molecule has 86 valence electrons. The Morgan fingerprint density at radius 2 is 2.31 bits per heavy atom. The summed E-state index contributed by atoms with van der Waals surface area (Å²) in [5, 5.41) is 10.3. The fraction of sp³-hybridized carbons (Fsp3) is 0.455. The lowest BCUT2D eigenvalue weighted by Gasteiger charge is -1.97. The van der Waals surface area contributed by atoms with Crippen LogP contribution in [0.4, 0.5) is 0 Å². The molecular weight excluding hydrogens is 220 g/mol. The molecule has 0 unspecified atom stereocenters. The van der Waals surface area contributed by atoms with E-state index in [1.807, 2.05) is 10.9 Å². The number of hydrogen-bond donors (Lipinski definition) is 1. The van der Waals surface area contributed by atoms with E-state index in [-0.39, 0.29) is 0 Å². The second kappa shape index (κ2) is 5.77. The van der Waals surface area contributed by atoms with Crippen molar-refractivity contribution in [1.82, 2.24) is 15.0 Å². The third-order valence-electron chi connectivity index (χ3n) is 2.39. The monoisotopic (exact) mass is 236 g/mol. The Labute approximate surface area is 99.1 Å². The first-order valence-corrected chi connectivity index (χ1v) is 6.38. The van der Waals surface area contributed by atoms with Gasteiger partial charge >= 0.3 is 0 Å². The number of aromatic nitrogens is 3. The number of rotatable bonds is 6. The highest BCUT2D eigenvalue weighted by molar-refractivity contribution is 7.09. The van der Waals surface area contributed by atoms with Crippen LogP contribution in [0.2, 0.25) is 0 Å². The number of aryl methyl sites for hydroxylation is 3. The fourth-order valence-corrected chi connectivity index (χ4v) is 2.22. The second-order valence-corrected chi connectivity index (χ2v) is 4.73. The van der Waals surface area contributed by atoms with Crippen molar-refractivity contribution in [3.8, 4) is 0 Å². The molecule has 16 heavy (non-hydrogen) atoms. The van der Waals surface area contributed by atoms with Crippen LogP contribution in [0.3, 0.4) is 0 Å². The van der Waals surface area contributed by atoms with Crippen LogP contribution >= 0.6 is 11.3 Å². The van der Waals surface area contributed by atoms with Gasteiger partial charge < -0.3 is 5.73 Å². The summed E-state index contributed by atoms with van der Waals surface area (Å²) in [4.78, 5) is 1.39. The molecular formula is C11H16N4S. The van der Waals surface area contributed by atoms with Crippen LogP contribution in [0.1, 0.15) is 17.0 Å². The molecule has 2 rings (SSSR count). The summed E-state index contributed by atoms with van der Waals surface area (Å²) >= 11 is 1.78. The van der Waals surface area contributed by atoms with Gasteiger partial charge in [0.2, 0.25) is 0 Å². The third kappa shape index (κ3) is 3.15. The zero-order valence-electron chi connectivity index (χ0n) is 9.17. The molecule has 2 aromatic heterocycles. The quantitative estimate of drug-likeness (QED) is 0.826. The average molecular weight is 236 g/mol. The molecule has 0 aliphatic carbocycles. The molecule has 0 aliphatic rings. The highest BCUT2D eigenvalue weighted by Gasteiger charge is 2.01. The third-order valence-corrected chi connectivity index (χ3v) is 3.33. The first kappa shape index (κ1) is 11.3. The van der Waals surface area contributed by atoms with Crippen molar-refractivity contribution in [2.45, 2.75) is 25.8 Å². The maximum Gasteiger partial charge on any atom is 0.0827 e. The summed E-state index contributed by atoms with van der Waals surface area (Å²) < 4.78 is 1.91. The Hall–Kier alpha value is -1.20. The van der Waals surface area contributed by atoms with E-state index in [4.69, 9.17) is 5.73 Å². The van der Waals surface area contributed by atoms with E-state index < -0.39 is 0 Å². The van der Waals surface area contributed by atoms with Crippen molar-refractivity contribution < 1.29 is 0 Å². The molecule has 2 aromatic rings. The van der Waals surface area contributed by atoms with Crippen LogP contribution in [0.25, 0.3) is 0 Å². The molecule has 5 heteroatoms. The van der Waals surface area contributed by atoms with Crippen LogP contribution in [-0.4, -0.2) is 21.5 Å². The number of hydrogen-bond acceptors (Lipinski definition) is 4. The van der Waals surface area contributed by atoms with Gasteiger partial charge in [-0.05, 0) is 30.8 Å². The average Bonchev–Trinajstić information content (AvgIpc) is 2.95. The van der Waals surface area contributed by atoms with Gasteiger partial charge in [0, 0.05) is 24.0 Å². The van der Waals surface area contributed by atoms with E-state index in [2.05, 4.69) is 27.8 Å². The Morgan fingerprint density at radius 1 is 1.38 bits per heavy atom. The summed E-state index contributed by atoms with van der Waals surface area (Å²) in [7, 11) is 0. The minimum absolute atomic E-state index is 0.710. The summed E-state index contributed by atoms with van der Waals surface area (Å²) in [6.45, 7) is 1.61. The van der Waals surface area contributed by atoms with Gasteiger partial charge in [0.1, 0.15) is 0 Å². The lowest BCUT2D eigenvalue weighted by Crippen LogP contribution is -2.01. The van der Waals surface area contributed by atoms with Gasteiger partial charge in [-0.3, -0.25) is 4.68 Å². The Bertz CT molecular complexity index is 407. The molecule has 0 spiro atoms. The Kier molecular flexibility index (Phi) is 4.07. The van der Waals surface area contributed by atoms with Gasteiger partial charge in [-0.2, -0.15) is 0 Å². The Morgan fingerprint density at radius 3 is 3.06 bits per heavy atom. The van der Waals surface area contributed by atoms with E-state index in [0.29, 0.717) is 6.54 Å². The number of nitrogens with two attached hydrogens (primary N) is 1. The van der Waals surface area contributed by atoms with E-state index in [1.165, 1.54) is 4.88 Å². The van der Waals surface area contributed by atoms with Crippen molar-refractivity contribution in [3.05, 3.63) is 34.3 Å². The van der Waals surface area contributed by atoms with E-state index >= 15 is 0 Å². The molecule has 0 bridgehead atoms. The lowest BCUT2D eigenvalue weighted by atomic mass is 10.2. The highest BCUT2D eigenvalue weighted by atomic mass is 32.1. The number of nitrogens with zero attached hydrogens (tertiary/aromatic N) is 3. The van der Waals surface area contributed by atoms with E-state index in [1.54, 1.807) is 11.3 Å². The smallest absolute Gasteiger partial charge is 0.0827 e. The first-order valence-electron chi connectivity index (χ1n) is 5.50. The van der Waals surface area contributed by atoms with Crippen LogP contribution in [-0.2, 0) is 19.4 Å². The SMILES string of the molecule is NCCCc1cn(CCc2cccs2)nn1. The molecule has 0 atom stereocenters. The van der Waals surface area contributed by atoms with Crippen LogP contribution < -0.4 is 5.73 Å². The molecule has 0 aromatic carbocycles. The predicted molar refractivity (Wildman–Crippen MR) is 65.4 cm³/mol. The molecule has 0 aliphatic heterocycles. The van der Waals surface area contributed by atoms with Crippen LogP contribution in [0, 0.1) is 0 Å². The summed E-state index contributed by atoms with van der Waals surface area (Å²) in [6.07, 6.45) is 4.94. The first-order chi connectivity index (χ1) is 7.88. The van der Waals surface area contributed by atoms with E-state index in [9.17, 15) is 0 Å².